The Balaban J connectivity index is 2.64. The third-order valence-electron chi connectivity index (χ3n) is 2.41. The monoisotopic (exact) mass is 298 g/mol. The van der Waals surface area contributed by atoms with Crippen molar-refractivity contribution in [1.82, 2.24) is 0 Å². The minimum atomic E-state index is -0.624. The van der Waals surface area contributed by atoms with Crippen LogP contribution in [0.3, 0.4) is 0 Å². The van der Waals surface area contributed by atoms with Crippen LogP contribution in [0.25, 0.3) is 11.1 Å². The molecule has 2 aromatic carbocycles. The molecular formula is C13H9BrF2O. The highest BCUT2D eigenvalue weighted by atomic mass is 79.9. The number of hydrogen-bond acceptors (Lipinski definition) is 1. The van der Waals surface area contributed by atoms with Gasteiger partial charge >= 0.3 is 0 Å². The minimum absolute atomic E-state index is 0.222. The van der Waals surface area contributed by atoms with E-state index in [1.165, 1.54) is 13.2 Å². The molecule has 0 N–H and O–H groups in total. The molecule has 0 saturated carbocycles. The molecule has 2 aromatic rings. The van der Waals surface area contributed by atoms with Crippen molar-refractivity contribution < 1.29 is 13.5 Å². The molecule has 17 heavy (non-hydrogen) atoms. The number of benzene rings is 2. The predicted molar refractivity (Wildman–Crippen MR) is 66.0 cm³/mol. The quantitative estimate of drug-likeness (QED) is 0.747. The number of methoxy groups -OCH3 is 1. The fraction of sp³-hybridized carbons (Fsp3) is 0.0769. The molecule has 0 aromatic heterocycles. The van der Waals surface area contributed by atoms with Crippen LogP contribution in [-0.2, 0) is 0 Å². The summed E-state index contributed by atoms with van der Waals surface area (Å²) in [6.45, 7) is 0. The van der Waals surface area contributed by atoms with Crippen LogP contribution in [0.2, 0.25) is 0 Å². The lowest BCUT2D eigenvalue weighted by atomic mass is 10.0. The molecule has 0 bridgehead atoms. The molecule has 1 nitrogen and oxygen atoms in total. The fourth-order valence-corrected chi connectivity index (χ4v) is 1.94. The Labute approximate surface area is 106 Å². The van der Waals surface area contributed by atoms with Gasteiger partial charge in [0.05, 0.1) is 11.6 Å². The van der Waals surface area contributed by atoms with Crippen LogP contribution < -0.4 is 4.74 Å². The fourth-order valence-electron chi connectivity index (χ4n) is 1.60. The van der Waals surface area contributed by atoms with Gasteiger partial charge in [-0.15, -0.1) is 0 Å². The molecule has 0 aliphatic rings. The van der Waals surface area contributed by atoms with Gasteiger partial charge in [0, 0.05) is 17.2 Å². The minimum Gasteiger partial charge on any atom is -0.496 e. The van der Waals surface area contributed by atoms with Gasteiger partial charge in [0.1, 0.15) is 17.4 Å². The molecule has 2 rings (SSSR count). The Morgan fingerprint density at radius 2 is 1.71 bits per heavy atom. The summed E-state index contributed by atoms with van der Waals surface area (Å²) in [5, 5.41) is 0. The van der Waals surface area contributed by atoms with E-state index in [1.54, 1.807) is 24.3 Å². The molecule has 0 fully saturated rings. The summed E-state index contributed by atoms with van der Waals surface area (Å²) in [5.74, 6) is -0.693. The Morgan fingerprint density at radius 1 is 1.00 bits per heavy atom. The molecule has 0 unspecified atom stereocenters. The van der Waals surface area contributed by atoms with Crippen LogP contribution in [0.15, 0.2) is 40.9 Å². The van der Waals surface area contributed by atoms with E-state index in [-0.39, 0.29) is 4.47 Å². The highest BCUT2D eigenvalue weighted by molar-refractivity contribution is 9.10. The Hall–Kier alpha value is -1.42. The van der Waals surface area contributed by atoms with E-state index in [4.69, 9.17) is 4.74 Å². The summed E-state index contributed by atoms with van der Waals surface area (Å²) in [6, 6.07) is 9.27. The smallest absolute Gasteiger partial charge is 0.140 e. The molecule has 0 amide bonds. The van der Waals surface area contributed by atoms with Gasteiger partial charge in [-0.25, -0.2) is 8.78 Å². The van der Waals surface area contributed by atoms with Gasteiger partial charge in [-0.05, 0) is 28.1 Å². The zero-order valence-corrected chi connectivity index (χ0v) is 10.6. The van der Waals surface area contributed by atoms with Crippen LogP contribution >= 0.6 is 15.9 Å². The van der Waals surface area contributed by atoms with Gasteiger partial charge < -0.3 is 4.74 Å². The third kappa shape index (κ3) is 2.31. The molecular weight excluding hydrogens is 290 g/mol. The second kappa shape index (κ2) is 4.84. The van der Waals surface area contributed by atoms with Crippen LogP contribution in [-0.4, -0.2) is 7.11 Å². The molecule has 0 saturated heterocycles. The van der Waals surface area contributed by atoms with Crippen molar-refractivity contribution >= 4 is 15.9 Å². The van der Waals surface area contributed by atoms with Gasteiger partial charge in [-0.1, -0.05) is 18.2 Å². The predicted octanol–water partition coefficient (Wildman–Crippen LogP) is 4.40. The molecule has 0 aliphatic carbocycles. The van der Waals surface area contributed by atoms with Gasteiger partial charge in [0.2, 0.25) is 0 Å². The number of halogens is 3. The van der Waals surface area contributed by atoms with E-state index in [2.05, 4.69) is 15.9 Å². The Kier molecular flexibility index (Phi) is 3.43. The molecule has 0 aliphatic heterocycles. The average molecular weight is 299 g/mol. The van der Waals surface area contributed by atoms with Gasteiger partial charge in [0.25, 0.3) is 0 Å². The van der Waals surface area contributed by atoms with Crippen molar-refractivity contribution in [2.45, 2.75) is 0 Å². The molecule has 0 heterocycles. The highest BCUT2D eigenvalue weighted by Crippen LogP contribution is 2.34. The second-order valence-electron chi connectivity index (χ2n) is 3.45. The van der Waals surface area contributed by atoms with E-state index in [1.807, 2.05) is 0 Å². The van der Waals surface area contributed by atoms with Crippen LogP contribution in [0.1, 0.15) is 0 Å². The summed E-state index contributed by atoms with van der Waals surface area (Å²) in [5.41, 5.74) is 0.893. The first-order valence-corrected chi connectivity index (χ1v) is 5.70. The lowest BCUT2D eigenvalue weighted by molar-refractivity contribution is 0.416. The largest absolute Gasteiger partial charge is 0.496 e. The summed E-state index contributed by atoms with van der Waals surface area (Å²) >= 11 is 3.04. The molecule has 0 radical (unpaired) electrons. The zero-order valence-electron chi connectivity index (χ0n) is 9.01. The van der Waals surface area contributed by atoms with Crippen molar-refractivity contribution in [1.29, 1.82) is 0 Å². The Morgan fingerprint density at radius 3 is 2.41 bits per heavy atom. The van der Waals surface area contributed by atoms with Gasteiger partial charge in [-0.3, -0.25) is 0 Å². The van der Waals surface area contributed by atoms with Crippen LogP contribution in [0.4, 0.5) is 8.78 Å². The van der Waals surface area contributed by atoms with Crippen molar-refractivity contribution in [3.05, 3.63) is 52.5 Å². The summed E-state index contributed by atoms with van der Waals surface area (Å²) < 4.78 is 32.2. The van der Waals surface area contributed by atoms with E-state index >= 15 is 0 Å². The van der Waals surface area contributed by atoms with Crippen molar-refractivity contribution in [2.75, 3.05) is 7.11 Å². The van der Waals surface area contributed by atoms with Gasteiger partial charge in [-0.2, -0.15) is 0 Å². The van der Waals surface area contributed by atoms with E-state index in [0.29, 0.717) is 16.9 Å². The molecule has 0 spiro atoms. The van der Waals surface area contributed by atoms with Crippen molar-refractivity contribution in [3.63, 3.8) is 0 Å². The van der Waals surface area contributed by atoms with Crippen LogP contribution in [0, 0.1) is 11.6 Å². The molecule has 88 valence electrons. The lowest BCUT2D eigenvalue weighted by Crippen LogP contribution is -1.92. The first-order valence-electron chi connectivity index (χ1n) is 4.91. The zero-order chi connectivity index (χ0) is 12.4. The van der Waals surface area contributed by atoms with Gasteiger partial charge in [0.15, 0.2) is 0 Å². The summed E-state index contributed by atoms with van der Waals surface area (Å²) in [7, 11) is 1.51. The number of para-hydroxylation sites is 1. The van der Waals surface area contributed by atoms with Crippen molar-refractivity contribution in [2.24, 2.45) is 0 Å². The second-order valence-corrected chi connectivity index (χ2v) is 4.30. The standard InChI is InChI=1S/C13H9BrF2O/c1-17-13-5-3-2-4-8(13)9-6-10(14)12(16)7-11(9)15/h2-7H,1H3. The number of rotatable bonds is 2. The lowest BCUT2D eigenvalue weighted by Gasteiger charge is -2.09. The maximum absolute atomic E-state index is 13.7. The molecule has 4 heteroatoms. The highest BCUT2D eigenvalue weighted by Gasteiger charge is 2.13. The first kappa shape index (κ1) is 12.0. The maximum Gasteiger partial charge on any atom is 0.140 e. The molecule has 0 atom stereocenters. The maximum atomic E-state index is 13.7. The first-order chi connectivity index (χ1) is 8.13. The van der Waals surface area contributed by atoms with Crippen molar-refractivity contribution in [3.8, 4) is 16.9 Å². The number of hydrogen-bond donors (Lipinski definition) is 0. The number of ether oxygens (including phenoxy) is 1. The summed E-state index contributed by atoms with van der Waals surface area (Å²) in [4.78, 5) is 0. The summed E-state index contributed by atoms with van der Waals surface area (Å²) in [6.07, 6.45) is 0. The topological polar surface area (TPSA) is 9.23 Å². The van der Waals surface area contributed by atoms with E-state index in [0.717, 1.165) is 6.07 Å². The van der Waals surface area contributed by atoms with Crippen LogP contribution in [0.5, 0.6) is 5.75 Å². The average Bonchev–Trinajstić information content (AvgIpc) is 2.34. The normalized spacial score (nSPS) is 10.4. The van der Waals surface area contributed by atoms with E-state index < -0.39 is 11.6 Å². The Bertz CT molecular complexity index is 555. The van der Waals surface area contributed by atoms with E-state index in [9.17, 15) is 8.78 Å². The third-order valence-corrected chi connectivity index (χ3v) is 3.01. The SMILES string of the molecule is COc1ccccc1-c1cc(Br)c(F)cc1F.